The van der Waals surface area contributed by atoms with Gasteiger partial charge in [-0.2, -0.15) is 0 Å². The third kappa shape index (κ3) is 2.61. The monoisotopic (exact) mass is 247 g/mol. The van der Waals surface area contributed by atoms with E-state index in [9.17, 15) is 0 Å². The maximum Gasteiger partial charge on any atom is 0.0948 e. The van der Waals surface area contributed by atoms with Crippen LogP contribution in [0.25, 0.3) is 0 Å². The van der Waals surface area contributed by atoms with Gasteiger partial charge in [0, 0.05) is 23.9 Å². The Balaban J connectivity index is 1.65. The molecule has 2 aliphatic rings. The van der Waals surface area contributed by atoms with Crippen molar-refractivity contribution in [2.45, 2.75) is 57.4 Å². The maximum atomic E-state index is 4.40. The van der Waals surface area contributed by atoms with E-state index in [0.29, 0.717) is 5.41 Å². The molecule has 1 N–H and O–H groups in total. The predicted octanol–water partition coefficient (Wildman–Crippen LogP) is 2.71. The van der Waals surface area contributed by atoms with Crippen molar-refractivity contribution in [3.05, 3.63) is 18.2 Å². The van der Waals surface area contributed by atoms with Crippen LogP contribution in [0.2, 0.25) is 0 Å². The molecule has 100 valence electrons. The van der Waals surface area contributed by atoms with Gasteiger partial charge in [-0.15, -0.1) is 0 Å². The van der Waals surface area contributed by atoms with Crippen LogP contribution in [0.5, 0.6) is 0 Å². The van der Waals surface area contributed by atoms with Crippen molar-refractivity contribution in [2.75, 3.05) is 13.1 Å². The van der Waals surface area contributed by atoms with Crippen LogP contribution in [0.4, 0.5) is 0 Å². The summed E-state index contributed by atoms with van der Waals surface area (Å²) in [5.41, 5.74) is 1.79. The van der Waals surface area contributed by atoms with Crippen molar-refractivity contribution in [3.63, 3.8) is 0 Å². The minimum absolute atomic E-state index is 0.335. The van der Waals surface area contributed by atoms with Crippen molar-refractivity contribution in [3.8, 4) is 0 Å². The molecule has 2 fully saturated rings. The molecule has 1 aliphatic heterocycles. The molecular formula is C15H25N3. The van der Waals surface area contributed by atoms with E-state index in [1.54, 1.807) is 0 Å². The summed E-state index contributed by atoms with van der Waals surface area (Å²) in [6, 6.07) is 0. The van der Waals surface area contributed by atoms with E-state index < -0.39 is 0 Å². The first-order chi connectivity index (χ1) is 8.78. The van der Waals surface area contributed by atoms with Crippen LogP contribution >= 0.6 is 0 Å². The Morgan fingerprint density at radius 1 is 1.39 bits per heavy atom. The van der Waals surface area contributed by atoms with E-state index in [1.165, 1.54) is 44.2 Å². The zero-order valence-electron chi connectivity index (χ0n) is 11.5. The summed E-state index contributed by atoms with van der Waals surface area (Å²) >= 11 is 0. The molecule has 0 radical (unpaired) electrons. The second kappa shape index (κ2) is 5.04. The van der Waals surface area contributed by atoms with E-state index in [1.807, 2.05) is 6.33 Å². The van der Waals surface area contributed by atoms with Gasteiger partial charge in [0.25, 0.3) is 0 Å². The van der Waals surface area contributed by atoms with Gasteiger partial charge >= 0.3 is 0 Å². The Morgan fingerprint density at radius 3 is 2.89 bits per heavy atom. The number of imidazole rings is 1. The third-order valence-electron chi connectivity index (χ3n) is 4.75. The van der Waals surface area contributed by atoms with Gasteiger partial charge in [-0.3, -0.25) is 0 Å². The topological polar surface area (TPSA) is 29.9 Å². The minimum atomic E-state index is 0.335. The highest BCUT2D eigenvalue weighted by Crippen LogP contribution is 2.35. The summed E-state index contributed by atoms with van der Waals surface area (Å²) in [6.07, 6.45) is 12.3. The fourth-order valence-corrected chi connectivity index (χ4v) is 3.19. The molecule has 1 saturated carbocycles. The molecule has 3 nitrogen and oxygen atoms in total. The van der Waals surface area contributed by atoms with Crippen LogP contribution < -0.4 is 5.32 Å². The highest BCUT2D eigenvalue weighted by atomic mass is 15.1. The number of nitrogens with one attached hydrogen (secondary N) is 1. The van der Waals surface area contributed by atoms with Crippen LogP contribution in [0.3, 0.4) is 0 Å². The number of aromatic nitrogens is 2. The molecular weight excluding hydrogens is 222 g/mol. The second-order valence-corrected chi connectivity index (χ2v) is 6.37. The molecule has 0 spiro atoms. The van der Waals surface area contributed by atoms with Crippen molar-refractivity contribution in [1.82, 2.24) is 14.9 Å². The number of aryl methyl sites for hydroxylation is 1. The summed E-state index contributed by atoms with van der Waals surface area (Å²) in [7, 11) is 0. The number of hydrogen-bond acceptors (Lipinski definition) is 2. The number of piperidine rings is 1. The normalized spacial score (nSPS) is 23.2. The van der Waals surface area contributed by atoms with E-state index in [0.717, 1.165) is 25.6 Å². The Kier molecular flexibility index (Phi) is 3.42. The Morgan fingerprint density at radius 2 is 2.17 bits per heavy atom. The van der Waals surface area contributed by atoms with Gasteiger partial charge in [0.15, 0.2) is 0 Å². The lowest BCUT2D eigenvalue weighted by Gasteiger charge is -2.34. The SMILES string of the molecule is CC1(c2cncn2CCCC2CC2)CCNCC1. The van der Waals surface area contributed by atoms with Gasteiger partial charge in [0.2, 0.25) is 0 Å². The summed E-state index contributed by atoms with van der Waals surface area (Å²) in [5.74, 6) is 1.05. The lowest BCUT2D eigenvalue weighted by molar-refractivity contribution is 0.315. The Bertz CT molecular complexity index is 386. The number of hydrogen-bond donors (Lipinski definition) is 1. The molecule has 0 unspecified atom stereocenters. The molecule has 1 saturated heterocycles. The zero-order chi connectivity index (χ0) is 12.4. The second-order valence-electron chi connectivity index (χ2n) is 6.37. The van der Waals surface area contributed by atoms with Crippen LogP contribution in [0.1, 0.15) is 51.1 Å². The molecule has 18 heavy (non-hydrogen) atoms. The van der Waals surface area contributed by atoms with Gasteiger partial charge in [-0.1, -0.05) is 19.8 Å². The Labute approximate surface area is 110 Å². The van der Waals surface area contributed by atoms with Crippen molar-refractivity contribution in [2.24, 2.45) is 5.92 Å². The van der Waals surface area contributed by atoms with E-state index >= 15 is 0 Å². The van der Waals surface area contributed by atoms with Crippen LogP contribution in [-0.4, -0.2) is 22.6 Å². The number of nitrogens with zero attached hydrogens (tertiary/aromatic N) is 2. The first kappa shape index (κ1) is 12.2. The van der Waals surface area contributed by atoms with Crippen LogP contribution in [0.15, 0.2) is 12.5 Å². The average molecular weight is 247 g/mol. The van der Waals surface area contributed by atoms with Crippen molar-refractivity contribution >= 4 is 0 Å². The minimum Gasteiger partial charge on any atom is -0.334 e. The van der Waals surface area contributed by atoms with E-state index in [-0.39, 0.29) is 0 Å². The molecule has 1 aliphatic carbocycles. The Hall–Kier alpha value is -0.830. The van der Waals surface area contributed by atoms with Crippen LogP contribution in [-0.2, 0) is 12.0 Å². The summed E-state index contributed by atoms with van der Waals surface area (Å²) in [6.45, 7) is 5.85. The van der Waals surface area contributed by atoms with Gasteiger partial charge < -0.3 is 9.88 Å². The predicted molar refractivity (Wildman–Crippen MR) is 73.6 cm³/mol. The number of rotatable bonds is 5. The molecule has 3 heteroatoms. The molecule has 0 atom stereocenters. The van der Waals surface area contributed by atoms with Crippen molar-refractivity contribution < 1.29 is 0 Å². The van der Waals surface area contributed by atoms with Crippen LogP contribution in [0, 0.1) is 5.92 Å². The molecule has 1 aromatic rings. The lowest BCUT2D eigenvalue weighted by atomic mass is 9.78. The quantitative estimate of drug-likeness (QED) is 0.867. The summed E-state index contributed by atoms with van der Waals surface area (Å²) in [4.78, 5) is 4.40. The van der Waals surface area contributed by atoms with Gasteiger partial charge in [0.1, 0.15) is 0 Å². The molecule has 0 amide bonds. The lowest BCUT2D eigenvalue weighted by Crippen LogP contribution is -2.39. The van der Waals surface area contributed by atoms with E-state index in [4.69, 9.17) is 0 Å². The molecule has 2 heterocycles. The maximum absolute atomic E-state index is 4.40. The highest BCUT2D eigenvalue weighted by molar-refractivity contribution is 5.15. The smallest absolute Gasteiger partial charge is 0.0948 e. The molecule has 1 aromatic heterocycles. The molecule has 0 aromatic carbocycles. The largest absolute Gasteiger partial charge is 0.334 e. The first-order valence-electron chi connectivity index (χ1n) is 7.49. The van der Waals surface area contributed by atoms with Gasteiger partial charge in [-0.05, 0) is 44.7 Å². The van der Waals surface area contributed by atoms with Gasteiger partial charge in [-0.25, -0.2) is 4.98 Å². The summed E-state index contributed by atoms with van der Waals surface area (Å²) < 4.78 is 2.41. The first-order valence-corrected chi connectivity index (χ1v) is 7.49. The summed E-state index contributed by atoms with van der Waals surface area (Å²) in [5, 5.41) is 3.46. The van der Waals surface area contributed by atoms with E-state index in [2.05, 4.69) is 28.0 Å². The average Bonchev–Trinajstić information content (AvgIpc) is 3.06. The fourth-order valence-electron chi connectivity index (χ4n) is 3.19. The fraction of sp³-hybridized carbons (Fsp3) is 0.800. The highest BCUT2D eigenvalue weighted by Gasteiger charge is 2.31. The van der Waals surface area contributed by atoms with Crippen molar-refractivity contribution in [1.29, 1.82) is 0 Å². The standard InChI is InChI=1S/C15H25N3/c1-15(6-8-16-9-7-15)14-11-17-12-18(14)10-2-3-13-4-5-13/h11-13,16H,2-10H2,1H3. The molecule has 3 rings (SSSR count). The molecule has 0 bridgehead atoms. The van der Waals surface area contributed by atoms with Gasteiger partial charge in [0.05, 0.1) is 6.33 Å². The third-order valence-corrected chi connectivity index (χ3v) is 4.75. The zero-order valence-corrected chi connectivity index (χ0v) is 11.5.